The Labute approximate surface area is 157 Å². The number of thioether (sulfide) groups is 1. The van der Waals surface area contributed by atoms with Crippen LogP contribution in [-0.4, -0.2) is 16.5 Å². The molecule has 3 N–H and O–H groups in total. The molecule has 1 aliphatic rings. The van der Waals surface area contributed by atoms with Crippen LogP contribution in [0, 0.1) is 0 Å². The Morgan fingerprint density at radius 1 is 0.808 bits per heavy atom. The number of anilines is 1. The van der Waals surface area contributed by atoms with Crippen LogP contribution in [0.1, 0.15) is 22.0 Å². The summed E-state index contributed by atoms with van der Waals surface area (Å²) in [5, 5.41) is -0.192. The van der Waals surface area contributed by atoms with Gasteiger partial charge in [0.25, 0.3) is 0 Å². The maximum Gasteiger partial charge on any atom is 0.210 e. The zero-order valence-electron chi connectivity index (χ0n) is 14.4. The molecular formula is C22H21N2OS+. The van der Waals surface area contributed by atoms with Crippen LogP contribution in [-0.2, 0) is 0 Å². The van der Waals surface area contributed by atoms with Crippen molar-refractivity contribution < 1.29 is 10.5 Å². The van der Waals surface area contributed by atoms with Gasteiger partial charge in [0.2, 0.25) is 5.50 Å². The molecular weight excluding hydrogens is 340 g/mol. The Morgan fingerprint density at radius 2 is 1.35 bits per heavy atom. The van der Waals surface area contributed by atoms with Gasteiger partial charge in [-0.2, -0.15) is 0 Å². The number of ketones is 1. The molecule has 0 bridgehead atoms. The molecule has 1 aliphatic heterocycles. The molecule has 26 heavy (non-hydrogen) atoms. The van der Waals surface area contributed by atoms with Crippen molar-refractivity contribution in [2.75, 3.05) is 4.90 Å². The molecule has 0 aromatic heterocycles. The van der Waals surface area contributed by atoms with E-state index < -0.39 is 0 Å². The lowest BCUT2D eigenvalue weighted by Gasteiger charge is -2.29. The van der Waals surface area contributed by atoms with E-state index in [0.717, 1.165) is 16.8 Å². The number of quaternary nitrogens is 1. The molecule has 1 fully saturated rings. The van der Waals surface area contributed by atoms with Crippen molar-refractivity contribution in [2.24, 2.45) is 0 Å². The van der Waals surface area contributed by atoms with E-state index >= 15 is 0 Å². The second-order valence-electron chi connectivity index (χ2n) is 6.34. The summed E-state index contributed by atoms with van der Waals surface area (Å²) >= 11 is 1.64. The van der Waals surface area contributed by atoms with E-state index in [1.165, 1.54) is 0 Å². The number of rotatable bonds is 4. The quantitative estimate of drug-likeness (QED) is 0.720. The lowest BCUT2D eigenvalue weighted by atomic mass is 9.96. The Bertz CT molecular complexity index is 870. The standard InChI is InChI=1S/C22H20N2OS/c23-22-24(18-14-8-3-9-15-18)19(16-10-4-1-5-11-16)21(26-22)20(25)17-12-6-2-7-13-17/h1-15,19,21-22H,23H2/p+1/t19-,21+,22?/m0/s1. The summed E-state index contributed by atoms with van der Waals surface area (Å²) in [5.41, 5.74) is 7.30. The minimum atomic E-state index is -0.192. The fourth-order valence-corrected chi connectivity index (χ4v) is 4.94. The van der Waals surface area contributed by atoms with Gasteiger partial charge in [-0.25, -0.2) is 0 Å². The maximum absolute atomic E-state index is 13.3. The van der Waals surface area contributed by atoms with E-state index in [2.05, 4.69) is 34.9 Å². The highest BCUT2D eigenvalue weighted by Crippen LogP contribution is 2.45. The average Bonchev–Trinajstić information content (AvgIpc) is 3.06. The van der Waals surface area contributed by atoms with Crippen LogP contribution in [0.3, 0.4) is 0 Å². The molecule has 3 aromatic rings. The van der Waals surface area contributed by atoms with Gasteiger partial charge in [0, 0.05) is 11.3 Å². The summed E-state index contributed by atoms with van der Waals surface area (Å²) in [4.78, 5) is 15.5. The lowest BCUT2D eigenvalue weighted by molar-refractivity contribution is -0.384. The van der Waals surface area contributed by atoms with Gasteiger partial charge in [-0.05, 0) is 17.7 Å². The van der Waals surface area contributed by atoms with Crippen LogP contribution in [0.2, 0.25) is 0 Å². The van der Waals surface area contributed by atoms with Gasteiger partial charge in [-0.1, -0.05) is 90.6 Å². The number of nitrogens with zero attached hydrogens (tertiary/aromatic N) is 1. The fraction of sp³-hybridized carbons (Fsp3) is 0.136. The van der Waals surface area contributed by atoms with Crippen molar-refractivity contribution in [3.8, 4) is 0 Å². The molecule has 0 saturated carbocycles. The monoisotopic (exact) mass is 361 g/mol. The van der Waals surface area contributed by atoms with E-state index in [-0.39, 0.29) is 22.6 Å². The molecule has 1 saturated heterocycles. The van der Waals surface area contributed by atoms with Crippen LogP contribution in [0.5, 0.6) is 0 Å². The summed E-state index contributed by atoms with van der Waals surface area (Å²) in [6.45, 7) is 0. The lowest BCUT2D eigenvalue weighted by Crippen LogP contribution is -2.65. The van der Waals surface area contributed by atoms with Gasteiger partial charge in [0.05, 0.1) is 6.04 Å². The van der Waals surface area contributed by atoms with E-state index in [4.69, 9.17) is 0 Å². The number of carbonyl (C=O) groups is 1. The first-order valence-corrected chi connectivity index (χ1v) is 9.66. The van der Waals surface area contributed by atoms with E-state index in [1.807, 2.05) is 66.7 Å². The second-order valence-corrected chi connectivity index (χ2v) is 7.66. The van der Waals surface area contributed by atoms with Crippen LogP contribution in [0.25, 0.3) is 0 Å². The highest BCUT2D eigenvalue weighted by Gasteiger charge is 2.47. The van der Waals surface area contributed by atoms with Gasteiger partial charge >= 0.3 is 0 Å². The van der Waals surface area contributed by atoms with Crippen molar-refractivity contribution >= 4 is 23.2 Å². The van der Waals surface area contributed by atoms with Crippen molar-refractivity contribution in [2.45, 2.75) is 16.8 Å². The molecule has 0 aliphatic carbocycles. The molecule has 1 unspecified atom stereocenters. The van der Waals surface area contributed by atoms with Crippen molar-refractivity contribution in [1.29, 1.82) is 0 Å². The second kappa shape index (κ2) is 7.36. The summed E-state index contributed by atoms with van der Waals surface area (Å²) in [5.74, 6) is 0.163. The van der Waals surface area contributed by atoms with Crippen molar-refractivity contribution in [3.63, 3.8) is 0 Å². The zero-order chi connectivity index (χ0) is 17.9. The first kappa shape index (κ1) is 16.9. The third kappa shape index (κ3) is 3.14. The highest BCUT2D eigenvalue weighted by molar-refractivity contribution is 8.01. The van der Waals surface area contributed by atoms with Gasteiger partial charge in [-0.15, -0.1) is 0 Å². The predicted octanol–water partition coefficient (Wildman–Crippen LogP) is 3.76. The number of hydrogen-bond donors (Lipinski definition) is 1. The SMILES string of the molecule is [NH3+]C1S[C@@H](C(=O)c2ccccc2)[C@H](c2ccccc2)N1c1ccccc1. The Balaban J connectivity index is 1.78. The average molecular weight is 361 g/mol. The van der Waals surface area contributed by atoms with E-state index in [1.54, 1.807) is 11.8 Å². The largest absolute Gasteiger partial charge is 0.329 e. The third-order valence-corrected chi connectivity index (χ3v) is 6.02. The van der Waals surface area contributed by atoms with Crippen LogP contribution in [0.15, 0.2) is 91.0 Å². The Kier molecular flexibility index (Phi) is 4.78. The molecule has 0 spiro atoms. The smallest absolute Gasteiger partial charge is 0.210 e. The highest BCUT2D eigenvalue weighted by atomic mass is 32.2. The summed E-state index contributed by atoms with van der Waals surface area (Å²) in [6.07, 6.45) is 0. The molecule has 1 heterocycles. The Hall–Kier alpha value is -2.56. The van der Waals surface area contributed by atoms with Gasteiger partial charge < -0.3 is 10.6 Å². The predicted molar refractivity (Wildman–Crippen MR) is 107 cm³/mol. The summed E-state index contributed by atoms with van der Waals surface area (Å²) in [7, 11) is 0. The van der Waals surface area contributed by atoms with Gasteiger partial charge in [-0.3, -0.25) is 4.79 Å². The maximum atomic E-state index is 13.3. The topological polar surface area (TPSA) is 48.0 Å². The van der Waals surface area contributed by atoms with Crippen molar-refractivity contribution in [3.05, 3.63) is 102 Å². The van der Waals surface area contributed by atoms with Crippen LogP contribution in [0.4, 0.5) is 5.69 Å². The molecule has 4 heteroatoms. The van der Waals surface area contributed by atoms with Crippen LogP contribution < -0.4 is 10.6 Å². The van der Waals surface area contributed by atoms with E-state index in [0.29, 0.717) is 0 Å². The van der Waals surface area contributed by atoms with Gasteiger partial charge in [0.15, 0.2) is 5.78 Å². The molecule has 3 nitrogen and oxygen atoms in total. The minimum absolute atomic E-state index is 0.0275. The number of hydrogen-bond acceptors (Lipinski definition) is 3. The van der Waals surface area contributed by atoms with Crippen LogP contribution >= 0.6 is 11.8 Å². The molecule has 130 valence electrons. The summed E-state index contributed by atoms with van der Waals surface area (Å²) in [6, 6.07) is 30.0. The number of benzene rings is 3. The van der Waals surface area contributed by atoms with Gasteiger partial charge in [0.1, 0.15) is 5.25 Å². The first-order chi connectivity index (χ1) is 12.8. The first-order valence-electron chi connectivity index (χ1n) is 8.72. The fourth-order valence-electron chi connectivity index (χ4n) is 3.52. The zero-order valence-corrected chi connectivity index (χ0v) is 15.2. The van der Waals surface area contributed by atoms with E-state index in [9.17, 15) is 4.79 Å². The van der Waals surface area contributed by atoms with Crippen molar-refractivity contribution in [1.82, 2.24) is 0 Å². The summed E-state index contributed by atoms with van der Waals surface area (Å²) < 4.78 is 0. The molecule has 3 aromatic carbocycles. The molecule has 0 radical (unpaired) electrons. The Morgan fingerprint density at radius 3 is 1.96 bits per heavy atom. The molecule has 4 rings (SSSR count). The molecule has 0 amide bonds. The number of para-hydroxylation sites is 1. The number of carbonyl (C=O) groups excluding carboxylic acids is 1. The normalized spacial score (nSPS) is 22.3. The molecule has 3 atom stereocenters. The minimum Gasteiger partial charge on any atom is -0.329 e. The number of Topliss-reactive ketones (excluding diaryl/α,β-unsaturated/α-hetero) is 1. The third-order valence-electron chi connectivity index (χ3n) is 4.71.